The predicted octanol–water partition coefficient (Wildman–Crippen LogP) is 5.89. The maximum absolute atomic E-state index is 12.9. The second-order valence-corrected chi connectivity index (χ2v) is 7.22. The summed E-state index contributed by atoms with van der Waals surface area (Å²) in [4.78, 5) is 25.3. The van der Waals surface area contributed by atoms with Crippen molar-refractivity contribution in [1.29, 1.82) is 0 Å². The number of rotatable bonds is 5. The van der Waals surface area contributed by atoms with E-state index in [0.717, 1.165) is 10.9 Å². The highest BCUT2D eigenvalue weighted by Crippen LogP contribution is 2.30. The van der Waals surface area contributed by atoms with Crippen LogP contribution in [0.5, 0.6) is 5.75 Å². The number of anilines is 1. The first-order valence-electron chi connectivity index (χ1n) is 9.25. The van der Waals surface area contributed by atoms with E-state index >= 15 is 0 Å². The number of nitrogens with one attached hydrogen (secondary N) is 1. The van der Waals surface area contributed by atoms with Crippen LogP contribution in [0.1, 0.15) is 32.0 Å². The van der Waals surface area contributed by atoms with E-state index in [1.807, 2.05) is 13.0 Å². The number of fused-ring (bicyclic) bond motifs is 1. The van der Waals surface area contributed by atoms with E-state index in [4.69, 9.17) is 20.8 Å². The molecule has 4 aromatic rings. The third-order valence-electron chi connectivity index (χ3n) is 4.86. The van der Waals surface area contributed by atoms with Gasteiger partial charge in [-0.1, -0.05) is 11.6 Å². The minimum atomic E-state index is -0.260. The second-order valence-electron chi connectivity index (χ2n) is 6.79. The number of amides is 1. The van der Waals surface area contributed by atoms with Gasteiger partial charge in [0.2, 0.25) is 5.78 Å². The van der Waals surface area contributed by atoms with E-state index in [2.05, 4.69) is 5.32 Å². The SMILES string of the molecule is COc1ccc(C(=O)c2oc3cc(NC(=O)c4ccc(Cl)cc4)ccc3c2C)cc1. The maximum Gasteiger partial charge on any atom is 0.255 e. The Morgan fingerprint density at radius 2 is 1.60 bits per heavy atom. The van der Waals surface area contributed by atoms with Crippen LogP contribution < -0.4 is 10.1 Å². The van der Waals surface area contributed by atoms with Crippen LogP contribution in [0, 0.1) is 6.92 Å². The first kappa shape index (κ1) is 19.7. The number of hydrogen-bond acceptors (Lipinski definition) is 4. The average molecular weight is 420 g/mol. The van der Waals surface area contributed by atoms with Gasteiger partial charge in [-0.2, -0.15) is 0 Å². The molecule has 1 N–H and O–H groups in total. The number of aryl methyl sites for hydroxylation is 1. The van der Waals surface area contributed by atoms with Gasteiger partial charge in [0.05, 0.1) is 7.11 Å². The summed E-state index contributed by atoms with van der Waals surface area (Å²) in [6, 6.07) is 18.8. The van der Waals surface area contributed by atoms with E-state index < -0.39 is 0 Å². The van der Waals surface area contributed by atoms with Crippen LogP contribution >= 0.6 is 11.6 Å². The van der Waals surface area contributed by atoms with Crippen LogP contribution in [-0.2, 0) is 0 Å². The minimum Gasteiger partial charge on any atom is -0.497 e. The fraction of sp³-hybridized carbons (Fsp3) is 0.0833. The first-order valence-corrected chi connectivity index (χ1v) is 9.63. The summed E-state index contributed by atoms with van der Waals surface area (Å²) in [6.45, 7) is 1.84. The van der Waals surface area contributed by atoms with Gasteiger partial charge >= 0.3 is 0 Å². The van der Waals surface area contributed by atoms with Gasteiger partial charge in [0.15, 0.2) is 5.76 Å². The lowest BCUT2D eigenvalue weighted by molar-refractivity contribution is 0.101. The molecule has 3 aromatic carbocycles. The van der Waals surface area contributed by atoms with Crippen molar-refractivity contribution in [3.63, 3.8) is 0 Å². The molecule has 0 bridgehead atoms. The molecule has 6 heteroatoms. The standard InChI is InChI=1S/C24H18ClNO4/c1-14-20-12-9-18(26-24(28)16-3-7-17(25)8-4-16)13-21(20)30-23(14)22(27)15-5-10-19(29-2)11-6-15/h3-13H,1-2H3,(H,26,28). The topological polar surface area (TPSA) is 68.5 Å². The number of methoxy groups -OCH3 is 1. The molecule has 4 rings (SSSR count). The van der Waals surface area contributed by atoms with Crippen molar-refractivity contribution in [1.82, 2.24) is 0 Å². The number of carbonyl (C=O) groups is 2. The molecule has 150 valence electrons. The zero-order valence-corrected chi connectivity index (χ0v) is 17.1. The number of halogens is 1. The molecule has 0 aliphatic carbocycles. The molecular weight excluding hydrogens is 402 g/mol. The third-order valence-corrected chi connectivity index (χ3v) is 5.11. The summed E-state index contributed by atoms with van der Waals surface area (Å²) >= 11 is 5.87. The Morgan fingerprint density at radius 3 is 2.27 bits per heavy atom. The van der Waals surface area contributed by atoms with Crippen LogP contribution in [0.4, 0.5) is 5.69 Å². The van der Waals surface area contributed by atoms with Crippen molar-refractivity contribution < 1.29 is 18.7 Å². The van der Waals surface area contributed by atoms with Gasteiger partial charge in [-0.15, -0.1) is 0 Å². The van der Waals surface area contributed by atoms with Gasteiger partial charge in [-0.25, -0.2) is 0 Å². The molecule has 0 saturated heterocycles. The zero-order valence-electron chi connectivity index (χ0n) is 16.4. The minimum absolute atomic E-state index is 0.210. The van der Waals surface area contributed by atoms with Gasteiger partial charge in [0.25, 0.3) is 5.91 Å². The molecule has 1 aromatic heterocycles. The maximum atomic E-state index is 12.9. The molecule has 0 radical (unpaired) electrons. The molecule has 5 nitrogen and oxygen atoms in total. The highest BCUT2D eigenvalue weighted by Gasteiger charge is 2.20. The molecule has 0 fully saturated rings. The monoisotopic (exact) mass is 419 g/mol. The normalized spacial score (nSPS) is 10.8. The highest BCUT2D eigenvalue weighted by molar-refractivity contribution is 6.30. The van der Waals surface area contributed by atoms with Crippen LogP contribution in [0.25, 0.3) is 11.0 Å². The third kappa shape index (κ3) is 3.80. The quantitative estimate of drug-likeness (QED) is 0.410. The van der Waals surface area contributed by atoms with Gasteiger partial charge in [0.1, 0.15) is 11.3 Å². The van der Waals surface area contributed by atoms with E-state index in [1.54, 1.807) is 67.8 Å². The van der Waals surface area contributed by atoms with Crippen molar-refractivity contribution in [3.8, 4) is 5.75 Å². The van der Waals surface area contributed by atoms with Crippen LogP contribution in [0.15, 0.2) is 71.1 Å². The molecule has 0 atom stereocenters. The number of ether oxygens (including phenoxy) is 1. The predicted molar refractivity (Wildman–Crippen MR) is 117 cm³/mol. The Balaban J connectivity index is 1.61. The van der Waals surface area contributed by atoms with E-state index in [9.17, 15) is 9.59 Å². The van der Waals surface area contributed by atoms with Crippen molar-refractivity contribution >= 4 is 39.9 Å². The molecule has 0 aliphatic rings. The number of carbonyl (C=O) groups excluding carboxylic acids is 2. The lowest BCUT2D eigenvalue weighted by Gasteiger charge is -2.05. The molecule has 0 spiro atoms. The fourth-order valence-electron chi connectivity index (χ4n) is 3.20. The smallest absolute Gasteiger partial charge is 0.255 e. The van der Waals surface area contributed by atoms with Gasteiger partial charge in [0, 0.05) is 38.9 Å². The summed E-state index contributed by atoms with van der Waals surface area (Å²) in [5.41, 5.74) is 2.85. The van der Waals surface area contributed by atoms with Crippen molar-refractivity contribution in [2.45, 2.75) is 6.92 Å². The Bertz CT molecular complexity index is 1240. The summed E-state index contributed by atoms with van der Waals surface area (Å²) in [5, 5.41) is 4.21. The van der Waals surface area contributed by atoms with Gasteiger partial charge in [-0.3, -0.25) is 9.59 Å². The van der Waals surface area contributed by atoms with Gasteiger partial charge < -0.3 is 14.5 Å². The Hall–Kier alpha value is -3.57. The molecule has 30 heavy (non-hydrogen) atoms. The Kier molecular flexibility index (Phi) is 5.29. The number of benzene rings is 3. The number of hydrogen-bond donors (Lipinski definition) is 1. The van der Waals surface area contributed by atoms with Crippen molar-refractivity contribution in [2.24, 2.45) is 0 Å². The molecule has 0 aliphatic heterocycles. The molecule has 1 heterocycles. The van der Waals surface area contributed by atoms with Crippen LogP contribution in [-0.4, -0.2) is 18.8 Å². The number of furan rings is 1. The summed E-state index contributed by atoms with van der Waals surface area (Å²) in [6.07, 6.45) is 0. The lowest BCUT2D eigenvalue weighted by atomic mass is 10.0. The fourth-order valence-corrected chi connectivity index (χ4v) is 3.32. The van der Waals surface area contributed by atoms with Crippen molar-refractivity contribution in [2.75, 3.05) is 12.4 Å². The lowest BCUT2D eigenvalue weighted by Crippen LogP contribution is -2.11. The van der Waals surface area contributed by atoms with Gasteiger partial charge in [-0.05, 0) is 67.6 Å². The second kappa shape index (κ2) is 8.05. The number of ketones is 1. The van der Waals surface area contributed by atoms with Crippen LogP contribution in [0.3, 0.4) is 0 Å². The largest absolute Gasteiger partial charge is 0.497 e. The van der Waals surface area contributed by atoms with Crippen LogP contribution in [0.2, 0.25) is 5.02 Å². The zero-order chi connectivity index (χ0) is 21.3. The summed E-state index contributed by atoms with van der Waals surface area (Å²) < 4.78 is 11.0. The summed E-state index contributed by atoms with van der Waals surface area (Å²) in [5.74, 6) is 0.479. The Morgan fingerprint density at radius 1 is 0.933 bits per heavy atom. The Labute approximate surface area is 178 Å². The highest BCUT2D eigenvalue weighted by atomic mass is 35.5. The molecule has 0 saturated carbocycles. The molecular formula is C24H18ClNO4. The van der Waals surface area contributed by atoms with E-state index in [-0.39, 0.29) is 17.5 Å². The first-order chi connectivity index (χ1) is 14.5. The van der Waals surface area contributed by atoms with E-state index in [0.29, 0.717) is 33.2 Å². The average Bonchev–Trinajstić information content (AvgIpc) is 3.09. The summed E-state index contributed by atoms with van der Waals surface area (Å²) in [7, 11) is 1.57. The molecule has 0 unspecified atom stereocenters. The molecule has 1 amide bonds. The van der Waals surface area contributed by atoms with Crippen molar-refractivity contribution in [3.05, 3.63) is 94.2 Å². The van der Waals surface area contributed by atoms with E-state index in [1.165, 1.54) is 0 Å².